The van der Waals surface area contributed by atoms with Crippen molar-refractivity contribution in [3.05, 3.63) is 101 Å². The Balaban J connectivity index is 1.75. The number of amides is 1. The van der Waals surface area contributed by atoms with Crippen molar-refractivity contribution in [1.29, 1.82) is 0 Å². The maximum absolute atomic E-state index is 13.5. The van der Waals surface area contributed by atoms with Gasteiger partial charge in [0.25, 0.3) is 15.9 Å². The van der Waals surface area contributed by atoms with Crippen LogP contribution in [0.2, 0.25) is 0 Å². The fourth-order valence-electron chi connectivity index (χ4n) is 2.95. The van der Waals surface area contributed by atoms with Gasteiger partial charge in [-0.2, -0.15) is 13.2 Å². The zero-order valence-electron chi connectivity index (χ0n) is 16.9. The van der Waals surface area contributed by atoms with Gasteiger partial charge in [0, 0.05) is 11.1 Å². The van der Waals surface area contributed by atoms with Gasteiger partial charge in [0.15, 0.2) is 0 Å². The van der Waals surface area contributed by atoms with E-state index in [1.165, 1.54) is 36.4 Å². The number of para-hydroxylation sites is 1. The smallest absolute Gasteiger partial charge is 0.276 e. The second-order valence-corrected chi connectivity index (χ2v) is 8.65. The second kappa shape index (κ2) is 8.64. The lowest BCUT2D eigenvalue weighted by atomic mass is 10.1. The first-order valence-corrected chi connectivity index (χ1v) is 11.0. The topological polar surface area (TPSA) is 101 Å². The summed E-state index contributed by atoms with van der Waals surface area (Å²) in [6, 6.07) is 20.0. The Kier molecular flexibility index (Phi) is 5.74. The molecule has 0 unspecified atom stereocenters. The molecule has 0 saturated heterocycles. The second-order valence-electron chi connectivity index (χ2n) is 6.99. The number of carbonyl (C=O) groups is 1. The fourth-order valence-corrected chi connectivity index (χ4v) is 3.75. The Hall–Kier alpha value is -3.98. The number of nitrogens with one attached hydrogen (secondary N) is 2. The zero-order valence-corrected chi connectivity index (χ0v) is 17.7. The van der Waals surface area contributed by atoms with Crippen molar-refractivity contribution in [2.24, 2.45) is 5.10 Å². The van der Waals surface area contributed by atoms with E-state index in [4.69, 9.17) is 4.42 Å². The highest BCUT2D eigenvalue weighted by Crippen LogP contribution is 2.15. The highest BCUT2D eigenvalue weighted by molar-refractivity contribution is 7.89. The summed E-state index contributed by atoms with van der Waals surface area (Å²) < 4.78 is 44.4. The van der Waals surface area contributed by atoms with Crippen molar-refractivity contribution in [2.45, 2.75) is 11.8 Å². The van der Waals surface area contributed by atoms with Crippen molar-refractivity contribution >= 4 is 32.6 Å². The van der Waals surface area contributed by atoms with Crippen LogP contribution in [-0.4, -0.2) is 14.3 Å². The van der Waals surface area contributed by atoms with E-state index < -0.39 is 21.7 Å². The Morgan fingerprint density at radius 2 is 1.72 bits per heavy atom. The van der Waals surface area contributed by atoms with E-state index in [9.17, 15) is 17.6 Å². The third-order valence-electron chi connectivity index (χ3n) is 4.58. The molecule has 9 heteroatoms. The summed E-state index contributed by atoms with van der Waals surface area (Å²) in [6.07, 6.45) is 0. The van der Waals surface area contributed by atoms with Crippen LogP contribution in [0.25, 0.3) is 11.0 Å². The lowest BCUT2D eigenvalue weighted by Crippen LogP contribution is -2.27. The Bertz CT molecular complexity index is 1480. The molecule has 2 N–H and O–H groups in total. The van der Waals surface area contributed by atoms with E-state index in [-0.39, 0.29) is 21.7 Å². The van der Waals surface area contributed by atoms with Gasteiger partial charge in [-0.1, -0.05) is 42.0 Å². The molecule has 1 heterocycles. The normalized spacial score (nSPS) is 12.0. The number of hydrogen-bond acceptors (Lipinski definition) is 5. The van der Waals surface area contributed by atoms with Crippen LogP contribution in [0.4, 0.5) is 10.1 Å². The number of aryl methyl sites for hydroxylation is 1. The average molecular weight is 451 g/mol. The number of fused-ring (bicyclic) bond motifs is 1. The Morgan fingerprint density at radius 3 is 2.47 bits per heavy atom. The molecule has 0 spiro atoms. The summed E-state index contributed by atoms with van der Waals surface area (Å²) in [5, 5.41) is 7.04. The molecule has 162 valence electrons. The first kappa shape index (κ1) is 21.3. The number of hydrogen-bond donors (Lipinski definition) is 2. The van der Waals surface area contributed by atoms with E-state index in [1.807, 2.05) is 6.92 Å². The summed E-state index contributed by atoms with van der Waals surface area (Å²) in [5.74, 6) is -1.15. The molecule has 7 nitrogen and oxygen atoms in total. The fraction of sp³-hybridized carbons (Fsp3) is 0.0435. The molecule has 0 radical (unpaired) electrons. The van der Waals surface area contributed by atoms with E-state index in [1.54, 1.807) is 36.4 Å². The van der Waals surface area contributed by atoms with Crippen molar-refractivity contribution in [3.63, 3.8) is 0 Å². The number of anilines is 1. The quantitative estimate of drug-likeness (QED) is 0.449. The Labute approximate surface area is 183 Å². The van der Waals surface area contributed by atoms with Gasteiger partial charge in [0.1, 0.15) is 17.0 Å². The van der Waals surface area contributed by atoms with Gasteiger partial charge >= 0.3 is 0 Å². The van der Waals surface area contributed by atoms with Gasteiger partial charge in [0.2, 0.25) is 5.55 Å². The van der Waals surface area contributed by atoms with Crippen LogP contribution in [0.5, 0.6) is 0 Å². The van der Waals surface area contributed by atoms with Crippen molar-refractivity contribution in [1.82, 2.24) is 4.83 Å². The molecule has 1 aromatic heterocycles. The Morgan fingerprint density at radius 1 is 0.969 bits per heavy atom. The van der Waals surface area contributed by atoms with E-state index in [0.29, 0.717) is 11.0 Å². The van der Waals surface area contributed by atoms with Gasteiger partial charge in [-0.25, -0.2) is 4.39 Å². The lowest BCUT2D eigenvalue weighted by molar-refractivity contribution is 0.102. The van der Waals surface area contributed by atoms with Crippen LogP contribution in [0, 0.1) is 12.7 Å². The van der Waals surface area contributed by atoms with Gasteiger partial charge in [0.05, 0.1) is 4.90 Å². The lowest BCUT2D eigenvalue weighted by Gasteiger charge is -2.08. The third-order valence-corrected chi connectivity index (χ3v) is 5.81. The molecule has 0 aliphatic carbocycles. The standard InChI is InChI=1S/C23H18FN3O4S/c1-15-9-11-19(12-10-15)32(29,30)27-26-23-20(13-16-5-2-3-8-21(16)31-23)22(28)25-18-7-4-6-17(24)14-18/h2-14,27H,1H3,(H,25,28). The number of halogens is 1. The molecule has 32 heavy (non-hydrogen) atoms. The monoisotopic (exact) mass is 451 g/mol. The predicted molar refractivity (Wildman–Crippen MR) is 118 cm³/mol. The van der Waals surface area contributed by atoms with Crippen LogP contribution < -0.4 is 15.7 Å². The molecule has 0 bridgehead atoms. The molecule has 4 rings (SSSR count). The van der Waals surface area contributed by atoms with Gasteiger partial charge < -0.3 is 9.73 Å². The summed E-state index contributed by atoms with van der Waals surface area (Å²) in [7, 11) is -3.99. The van der Waals surface area contributed by atoms with E-state index in [0.717, 1.165) is 11.6 Å². The first-order valence-electron chi connectivity index (χ1n) is 9.54. The first-order chi connectivity index (χ1) is 15.3. The third kappa shape index (κ3) is 4.68. The predicted octanol–water partition coefficient (Wildman–Crippen LogP) is 3.93. The van der Waals surface area contributed by atoms with Crippen LogP contribution in [-0.2, 0) is 10.0 Å². The molecule has 0 atom stereocenters. The van der Waals surface area contributed by atoms with Crippen molar-refractivity contribution < 1.29 is 22.0 Å². The maximum atomic E-state index is 13.5. The largest absolute Gasteiger partial charge is 0.436 e. The van der Waals surface area contributed by atoms with Crippen LogP contribution >= 0.6 is 0 Å². The zero-order chi connectivity index (χ0) is 22.7. The minimum Gasteiger partial charge on any atom is -0.436 e. The molecule has 4 aromatic rings. The van der Waals surface area contributed by atoms with Crippen LogP contribution in [0.1, 0.15) is 15.9 Å². The van der Waals surface area contributed by atoms with Gasteiger partial charge in [-0.15, -0.1) is 5.10 Å². The van der Waals surface area contributed by atoms with Crippen LogP contribution in [0.3, 0.4) is 0 Å². The molecule has 1 amide bonds. The number of benzene rings is 3. The van der Waals surface area contributed by atoms with Crippen molar-refractivity contribution in [2.75, 3.05) is 5.32 Å². The molecule has 0 aliphatic heterocycles. The summed E-state index contributed by atoms with van der Waals surface area (Å²) in [6.45, 7) is 1.84. The number of rotatable bonds is 5. The van der Waals surface area contributed by atoms with E-state index >= 15 is 0 Å². The SMILES string of the molecule is Cc1ccc(S(=O)(=O)NN=c2oc3ccccc3cc2C(=O)Nc2cccc(F)c2)cc1. The van der Waals surface area contributed by atoms with E-state index in [2.05, 4.69) is 15.2 Å². The highest BCUT2D eigenvalue weighted by atomic mass is 32.2. The number of nitrogens with zero attached hydrogens (tertiary/aromatic N) is 1. The van der Waals surface area contributed by atoms with Gasteiger partial charge in [-0.3, -0.25) is 4.79 Å². The van der Waals surface area contributed by atoms with Gasteiger partial charge in [-0.05, 0) is 49.4 Å². The molecular weight excluding hydrogens is 433 g/mol. The molecule has 3 aromatic carbocycles. The molecular formula is C23H18FN3O4S. The summed E-state index contributed by atoms with van der Waals surface area (Å²) >= 11 is 0. The summed E-state index contributed by atoms with van der Waals surface area (Å²) in [5.41, 5.74) is 1.27. The molecule has 0 aliphatic rings. The van der Waals surface area contributed by atoms with Crippen molar-refractivity contribution in [3.8, 4) is 0 Å². The van der Waals surface area contributed by atoms with Crippen LogP contribution in [0.15, 0.2) is 93.3 Å². The average Bonchev–Trinajstić information content (AvgIpc) is 2.77. The summed E-state index contributed by atoms with van der Waals surface area (Å²) in [4.78, 5) is 15.0. The highest BCUT2D eigenvalue weighted by Gasteiger charge is 2.16. The molecule has 0 saturated carbocycles. The minimum atomic E-state index is -3.99. The maximum Gasteiger partial charge on any atom is 0.276 e. The minimum absolute atomic E-state index is 0.0124. The molecule has 0 fully saturated rings. The number of sulfonamides is 1. The number of carbonyl (C=O) groups excluding carboxylic acids is 1.